The topological polar surface area (TPSA) is 18.5 Å². The molecule has 8 heteroatoms. The molecule has 0 aliphatic carbocycles. The van der Waals surface area contributed by atoms with Crippen LogP contribution in [-0.2, 0) is 0 Å². The highest BCUT2D eigenvalue weighted by atomic mass is 19.4. The standard InChI is InChI=1S/C8H3F6O2/c9-7(10,11)15-5-2-1-3-6(4-5)16-8(12,13)14/h1-2,4H. The van der Waals surface area contributed by atoms with Crippen LogP contribution < -0.4 is 9.47 Å². The van der Waals surface area contributed by atoms with Crippen LogP contribution in [0.15, 0.2) is 18.2 Å². The molecule has 0 heterocycles. The summed E-state index contributed by atoms with van der Waals surface area (Å²) in [6, 6.07) is 4.02. The lowest BCUT2D eigenvalue weighted by molar-refractivity contribution is -0.276. The van der Waals surface area contributed by atoms with Gasteiger partial charge >= 0.3 is 12.7 Å². The van der Waals surface area contributed by atoms with Crippen molar-refractivity contribution in [3.8, 4) is 11.5 Å². The van der Waals surface area contributed by atoms with Gasteiger partial charge in [-0.15, -0.1) is 26.3 Å². The van der Waals surface area contributed by atoms with Crippen LogP contribution in [0.4, 0.5) is 26.3 Å². The Kier molecular flexibility index (Phi) is 3.20. The quantitative estimate of drug-likeness (QED) is 0.744. The summed E-state index contributed by atoms with van der Waals surface area (Å²) in [5.41, 5.74) is 0. The molecular weight excluding hydrogens is 242 g/mol. The van der Waals surface area contributed by atoms with Crippen molar-refractivity contribution in [2.24, 2.45) is 0 Å². The molecule has 0 aliphatic heterocycles. The van der Waals surface area contributed by atoms with Gasteiger partial charge in [0.15, 0.2) is 0 Å². The minimum Gasteiger partial charge on any atom is -0.406 e. The maximum absolute atomic E-state index is 11.7. The van der Waals surface area contributed by atoms with Gasteiger partial charge in [-0.05, 0) is 12.1 Å². The molecule has 1 radical (unpaired) electrons. The Hall–Kier alpha value is -1.60. The van der Waals surface area contributed by atoms with Crippen LogP contribution in [0.2, 0.25) is 0 Å². The summed E-state index contributed by atoms with van der Waals surface area (Å²) in [4.78, 5) is 0. The largest absolute Gasteiger partial charge is 0.573 e. The molecule has 0 bridgehead atoms. The van der Waals surface area contributed by atoms with E-state index in [1.54, 1.807) is 0 Å². The molecular formula is C8H3F6O2. The van der Waals surface area contributed by atoms with Crippen molar-refractivity contribution in [1.82, 2.24) is 0 Å². The smallest absolute Gasteiger partial charge is 0.406 e. The van der Waals surface area contributed by atoms with E-state index in [0.29, 0.717) is 6.07 Å². The van der Waals surface area contributed by atoms with Gasteiger partial charge in [0.2, 0.25) is 0 Å². The second kappa shape index (κ2) is 4.11. The van der Waals surface area contributed by atoms with E-state index in [2.05, 4.69) is 9.47 Å². The Morgan fingerprint density at radius 2 is 1.50 bits per heavy atom. The van der Waals surface area contributed by atoms with Gasteiger partial charge in [0.1, 0.15) is 11.5 Å². The minimum absolute atomic E-state index is 0.432. The summed E-state index contributed by atoms with van der Waals surface area (Å²) in [5.74, 6) is -1.72. The molecule has 0 aromatic heterocycles. The van der Waals surface area contributed by atoms with E-state index in [1.165, 1.54) is 0 Å². The third kappa shape index (κ3) is 4.76. The Morgan fingerprint density at radius 3 is 2.00 bits per heavy atom. The molecule has 0 fully saturated rings. The van der Waals surface area contributed by atoms with E-state index >= 15 is 0 Å². The molecule has 0 N–H and O–H groups in total. The second-order valence-electron chi connectivity index (χ2n) is 2.48. The van der Waals surface area contributed by atoms with Gasteiger partial charge in [0, 0.05) is 12.1 Å². The Labute approximate surface area is 85.4 Å². The van der Waals surface area contributed by atoms with Crippen LogP contribution >= 0.6 is 0 Å². The lowest BCUT2D eigenvalue weighted by Crippen LogP contribution is -2.18. The Bertz CT molecular complexity index is 325. The van der Waals surface area contributed by atoms with Crippen LogP contribution in [0.25, 0.3) is 0 Å². The van der Waals surface area contributed by atoms with Gasteiger partial charge in [0.05, 0.1) is 0 Å². The molecule has 89 valence electrons. The molecule has 2 nitrogen and oxygen atoms in total. The lowest BCUT2D eigenvalue weighted by atomic mass is 10.3. The third-order valence-corrected chi connectivity index (χ3v) is 1.21. The lowest BCUT2D eigenvalue weighted by Gasteiger charge is -2.11. The highest BCUT2D eigenvalue weighted by Gasteiger charge is 2.33. The van der Waals surface area contributed by atoms with E-state index in [1.807, 2.05) is 6.07 Å². The fraction of sp³-hybridized carbons (Fsp3) is 0.250. The first kappa shape index (κ1) is 12.5. The zero-order chi connectivity index (χ0) is 12.4. The predicted molar refractivity (Wildman–Crippen MR) is 38.6 cm³/mol. The molecule has 16 heavy (non-hydrogen) atoms. The summed E-state index contributed by atoms with van der Waals surface area (Å²) in [6.07, 6.45) is -9.97. The predicted octanol–water partition coefficient (Wildman–Crippen LogP) is 3.28. The fourth-order valence-corrected chi connectivity index (χ4v) is 0.806. The first-order valence-electron chi connectivity index (χ1n) is 3.69. The van der Waals surface area contributed by atoms with E-state index in [-0.39, 0.29) is 0 Å². The second-order valence-corrected chi connectivity index (χ2v) is 2.48. The van der Waals surface area contributed by atoms with Crippen molar-refractivity contribution in [2.45, 2.75) is 12.7 Å². The number of halogens is 6. The van der Waals surface area contributed by atoms with Crippen molar-refractivity contribution in [1.29, 1.82) is 0 Å². The van der Waals surface area contributed by atoms with Crippen molar-refractivity contribution >= 4 is 0 Å². The van der Waals surface area contributed by atoms with Gasteiger partial charge in [0.25, 0.3) is 0 Å². The van der Waals surface area contributed by atoms with Gasteiger partial charge in [-0.25, -0.2) is 0 Å². The SMILES string of the molecule is FC(F)(F)Oc1[c]ccc(OC(F)(F)F)c1. The molecule has 0 saturated heterocycles. The van der Waals surface area contributed by atoms with Crippen LogP contribution in [-0.4, -0.2) is 12.7 Å². The fourth-order valence-electron chi connectivity index (χ4n) is 0.806. The summed E-state index contributed by atoms with van der Waals surface area (Å²) in [7, 11) is 0. The first-order valence-corrected chi connectivity index (χ1v) is 3.69. The van der Waals surface area contributed by atoms with Crippen molar-refractivity contribution < 1.29 is 35.8 Å². The number of benzene rings is 1. The average Bonchev–Trinajstić information content (AvgIpc) is 1.96. The third-order valence-electron chi connectivity index (χ3n) is 1.21. The molecule has 0 atom stereocenters. The van der Waals surface area contributed by atoms with Crippen molar-refractivity contribution in [2.75, 3.05) is 0 Å². The highest BCUT2D eigenvalue weighted by Crippen LogP contribution is 2.28. The summed E-state index contributed by atoms with van der Waals surface area (Å²) < 4.78 is 77.0. The molecule has 0 amide bonds. The average molecular weight is 245 g/mol. The minimum atomic E-state index is -4.99. The first-order chi connectivity index (χ1) is 7.16. The van der Waals surface area contributed by atoms with Gasteiger partial charge in [-0.3, -0.25) is 0 Å². The molecule has 1 aromatic carbocycles. The molecule has 0 aliphatic rings. The van der Waals surface area contributed by atoms with Gasteiger partial charge < -0.3 is 9.47 Å². The van der Waals surface area contributed by atoms with Gasteiger partial charge in [-0.1, -0.05) is 0 Å². The van der Waals surface area contributed by atoms with Crippen LogP contribution in [0.5, 0.6) is 11.5 Å². The van der Waals surface area contributed by atoms with Crippen LogP contribution in [0, 0.1) is 6.07 Å². The molecule has 0 spiro atoms. The highest BCUT2D eigenvalue weighted by molar-refractivity contribution is 5.32. The number of alkyl halides is 6. The number of hydrogen-bond donors (Lipinski definition) is 0. The zero-order valence-electron chi connectivity index (χ0n) is 7.32. The maximum atomic E-state index is 11.7. The van der Waals surface area contributed by atoms with Gasteiger partial charge in [-0.2, -0.15) is 0 Å². The summed E-state index contributed by atoms with van der Waals surface area (Å²) in [6.45, 7) is 0. The molecule has 1 aromatic rings. The van der Waals surface area contributed by atoms with Crippen molar-refractivity contribution in [3.05, 3.63) is 24.3 Å². The molecule has 1 rings (SSSR count). The number of rotatable bonds is 2. The summed E-state index contributed by atoms with van der Waals surface area (Å²) in [5, 5.41) is 0. The van der Waals surface area contributed by atoms with E-state index in [9.17, 15) is 26.3 Å². The van der Waals surface area contributed by atoms with E-state index < -0.39 is 24.2 Å². The van der Waals surface area contributed by atoms with Crippen LogP contribution in [0.1, 0.15) is 0 Å². The van der Waals surface area contributed by atoms with E-state index in [4.69, 9.17) is 0 Å². The van der Waals surface area contributed by atoms with Crippen LogP contribution in [0.3, 0.4) is 0 Å². The number of ether oxygens (including phenoxy) is 2. The Balaban J connectivity index is 2.79. The van der Waals surface area contributed by atoms with E-state index in [0.717, 1.165) is 12.1 Å². The van der Waals surface area contributed by atoms with Crippen molar-refractivity contribution in [3.63, 3.8) is 0 Å². The molecule has 0 unspecified atom stereocenters. The summed E-state index contributed by atoms with van der Waals surface area (Å²) >= 11 is 0. The monoisotopic (exact) mass is 245 g/mol. The Morgan fingerprint density at radius 1 is 0.938 bits per heavy atom. The maximum Gasteiger partial charge on any atom is 0.573 e. The molecule has 0 saturated carbocycles. The zero-order valence-corrected chi connectivity index (χ0v) is 7.32. The normalized spacial score (nSPS) is 12.4. The number of hydrogen-bond acceptors (Lipinski definition) is 2.